The number of rotatable bonds is 6. The van der Waals surface area contributed by atoms with Crippen molar-refractivity contribution in [3.05, 3.63) is 30.0 Å². The molecule has 0 atom stereocenters. The maximum absolute atomic E-state index is 11.0. The summed E-state index contributed by atoms with van der Waals surface area (Å²) >= 11 is 0. The second-order valence-electron chi connectivity index (χ2n) is 4.98. The molecule has 0 saturated carbocycles. The monoisotopic (exact) mass is 298 g/mol. The standard InChI is InChI=1S/C13H19N2O4P/c1-15(2)8-4-5-10-9-14-11-6-3-7-12(13(10)11)19-20(16,17)18/h3,6-7,9,14H,4-5,8H2,1-2H3,(H2,16,17,18). The lowest BCUT2D eigenvalue weighted by Crippen LogP contribution is -2.13. The van der Waals surface area contributed by atoms with Crippen LogP contribution in [0.3, 0.4) is 0 Å². The van der Waals surface area contributed by atoms with E-state index in [2.05, 4.69) is 9.88 Å². The Morgan fingerprint density at radius 3 is 2.75 bits per heavy atom. The number of hydrogen-bond acceptors (Lipinski definition) is 3. The quantitative estimate of drug-likeness (QED) is 0.711. The van der Waals surface area contributed by atoms with E-state index in [4.69, 9.17) is 14.3 Å². The van der Waals surface area contributed by atoms with Crippen molar-refractivity contribution in [1.29, 1.82) is 0 Å². The number of hydrogen-bond donors (Lipinski definition) is 3. The summed E-state index contributed by atoms with van der Waals surface area (Å²) in [6, 6.07) is 5.13. The summed E-state index contributed by atoms with van der Waals surface area (Å²) in [7, 11) is -0.528. The SMILES string of the molecule is CN(C)CCCc1c[nH]c2cccc(OP(=O)(O)O)c12. The fraction of sp³-hybridized carbons (Fsp3) is 0.385. The zero-order chi connectivity index (χ0) is 14.8. The number of fused-ring (bicyclic) bond motifs is 1. The average Bonchev–Trinajstić information content (AvgIpc) is 2.71. The number of aromatic nitrogens is 1. The minimum absolute atomic E-state index is 0.219. The van der Waals surface area contributed by atoms with Gasteiger partial charge in [0.25, 0.3) is 0 Å². The van der Waals surface area contributed by atoms with Crippen molar-refractivity contribution in [2.75, 3.05) is 20.6 Å². The van der Waals surface area contributed by atoms with Gasteiger partial charge >= 0.3 is 7.82 Å². The van der Waals surface area contributed by atoms with Gasteiger partial charge in [-0.05, 0) is 51.2 Å². The molecule has 0 radical (unpaired) electrons. The van der Waals surface area contributed by atoms with Crippen LogP contribution in [0, 0.1) is 0 Å². The molecule has 0 saturated heterocycles. The Morgan fingerprint density at radius 1 is 1.35 bits per heavy atom. The molecule has 110 valence electrons. The molecule has 1 heterocycles. The first-order valence-corrected chi connectivity index (χ1v) is 7.89. The molecule has 0 aliphatic carbocycles. The molecule has 3 N–H and O–H groups in total. The summed E-state index contributed by atoms with van der Waals surface area (Å²) < 4.78 is 15.8. The van der Waals surface area contributed by atoms with Crippen LogP contribution in [0.4, 0.5) is 0 Å². The fourth-order valence-electron chi connectivity index (χ4n) is 2.21. The van der Waals surface area contributed by atoms with E-state index >= 15 is 0 Å². The van der Waals surface area contributed by atoms with E-state index in [-0.39, 0.29) is 5.75 Å². The third-order valence-corrected chi connectivity index (χ3v) is 3.45. The van der Waals surface area contributed by atoms with E-state index in [0.29, 0.717) is 0 Å². The first-order valence-electron chi connectivity index (χ1n) is 6.35. The van der Waals surface area contributed by atoms with Crippen molar-refractivity contribution in [2.45, 2.75) is 12.8 Å². The highest BCUT2D eigenvalue weighted by atomic mass is 31.2. The molecule has 2 aromatic rings. The van der Waals surface area contributed by atoms with Gasteiger partial charge in [0.1, 0.15) is 5.75 Å². The smallest absolute Gasteiger partial charge is 0.404 e. The Kier molecular flexibility index (Phi) is 4.50. The van der Waals surface area contributed by atoms with Gasteiger partial charge in [0.15, 0.2) is 0 Å². The minimum atomic E-state index is -4.55. The van der Waals surface area contributed by atoms with Crippen LogP contribution >= 0.6 is 7.82 Å². The van der Waals surface area contributed by atoms with E-state index in [1.165, 1.54) is 0 Å². The topological polar surface area (TPSA) is 85.8 Å². The molecule has 0 spiro atoms. The lowest BCUT2D eigenvalue weighted by molar-refractivity contribution is 0.284. The van der Waals surface area contributed by atoms with E-state index in [0.717, 1.165) is 35.9 Å². The van der Waals surface area contributed by atoms with Crippen molar-refractivity contribution >= 4 is 18.7 Å². The van der Waals surface area contributed by atoms with E-state index in [1.54, 1.807) is 12.1 Å². The predicted molar refractivity (Wildman–Crippen MR) is 77.8 cm³/mol. The first kappa shape index (κ1) is 15.1. The largest absolute Gasteiger partial charge is 0.524 e. The average molecular weight is 298 g/mol. The van der Waals surface area contributed by atoms with Crippen molar-refractivity contribution in [3.8, 4) is 5.75 Å². The summed E-state index contributed by atoms with van der Waals surface area (Å²) in [5.41, 5.74) is 1.82. The van der Waals surface area contributed by atoms with Gasteiger partial charge in [-0.1, -0.05) is 6.07 Å². The number of nitrogens with one attached hydrogen (secondary N) is 1. The highest BCUT2D eigenvalue weighted by Crippen LogP contribution is 2.41. The molecule has 0 bridgehead atoms. The molecule has 0 unspecified atom stereocenters. The number of phosphoric acid groups is 1. The molecule has 20 heavy (non-hydrogen) atoms. The number of benzene rings is 1. The van der Waals surface area contributed by atoms with Crippen LogP contribution in [0.5, 0.6) is 5.75 Å². The summed E-state index contributed by atoms with van der Waals surface area (Å²) in [6.45, 7) is 0.953. The van der Waals surface area contributed by atoms with Crippen LogP contribution in [-0.2, 0) is 11.0 Å². The number of H-pyrrole nitrogens is 1. The van der Waals surface area contributed by atoms with Crippen LogP contribution in [0.15, 0.2) is 24.4 Å². The zero-order valence-corrected chi connectivity index (χ0v) is 12.4. The second kappa shape index (κ2) is 5.97. The highest BCUT2D eigenvalue weighted by molar-refractivity contribution is 7.46. The number of aromatic amines is 1. The molecule has 1 aromatic heterocycles. The number of nitrogens with zero attached hydrogens (tertiary/aromatic N) is 1. The Morgan fingerprint density at radius 2 is 2.10 bits per heavy atom. The van der Waals surface area contributed by atoms with Gasteiger partial charge in [0, 0.05) is 17.1 Å². The van der Waals surface area contributed by atoms with Gasteiger partial charge in [-0.2, -0.15) is 0 Å². The summed E-state index contributed by atoms with van der Waals surface area (Å²) in [6.07, 6.45) is 3.65. The predicted octanol–water partition coefficient (Wildman–Crippen LogP) is 2.13. The number of phosphoric ester groups is 1. The molecule has 6 nitrogen and oxygen atoms in total. The Labute approximate surface area is 117 Å². The normalized spacial score (nSPS) is 12.2. The Bertz CT molecular complexity index is 632. The van der Waals surface area contributed by atoms with E-state index in [9.17, 15) is 4.57 Å². The summed E-state index contributed by atoms with van der Waals surface area (Å²) in [4.78, 5) is 23.2. The Hall–Kier alpha value is -1.33. The molecule has 1 aromatic carbocycles. The lowest BCUT2D eigenvalue weighted by Gasteiger charge is -2.11. The molecular weight excluding hydrogens is 279 g/mol. The molecule has 0 aliphatic heterocycles. The summed E-state index contributed by atoms with van der Waals surface area (Å²) in [5.74, 6) is 0.219. The van der Waals surface area contributed by atoms with Gasteiger partial charge in [-0.3, -0.25) is 9.79 Å². The van der Waals surface area contributed by atoms with Crippen molar-refractivity contribution < 1.29 is 18.9 Å². The van der Waals surface area contributed by atoms with Crippen LogP contribution in [-0.4, -0.2) is 40.3 Å². The molecule has 2 rings (SSSR count). The van der Waals surface area contributed by atoms with Crippen molar-refractivity contribution in [1.82, 2.24) is 9.88 Å². The van der Waals surface area contributed by atoms with E-state index in [1.807, 2.05) is 26.4 Å². The molecule has 0 amide bonds. The summed E-state index contributed by atoms with van der Waals surface area (Å²) in [5, 5.41) is 0.745. The zero-order valence-electron chi connectivity index (χ0n) is 11.5. The fourth-order valence-corrected chi connectivity index (χ4v) is 2.62. The minimum Gasteiger partial charge on any atom is -0.404 e. The molecular formula is C13H19N2O4P. The van der Waals surface area contributed by atoms with Crippen LogP contribution in [0.1, 0.15) is 12.0 Å². The van der Waals surface area contributed by atoms with Gasteiger partial charge in [0.2, 0.25) is 0 Å². The van der Waals surface area contributed by atoms with Crippen LogP contribution in [0.2, 0.25) is 0 Å². The third kappa shape index (κ3) is 3.84. The van der Waals surface area contributed by atoms with Crippen LogP contribution < -0.4 is 4.52 Å². The van der Waals surface area contributed by atoms with Gasteiger partial charge in [-0.25, -0.2) is 4.57 Å². The van der Waals surface area contributed by atoms with Crippen molar-refractivity contribution in [3.63, 3.8) is 0 Å². The van der Waals surface area contributed by atoms with E-state index < -0.39 is 7.82 Å². The van der Waals surface area contributed by atoms with Crippen molar-refractivity contribution in [2.24, 2.45) is 0 Å². The molecule has 0 fully saturated rings. The Balaban J connectivity index is 2.29. The van der Waals surface area contributed by atoms with Gasteiger partial charge in [-0.15, -0.1) is 0 Å². The van der Waals surface area contributed by atoms with Gasteiger partial charge < -0.3 is 14.4 Å². The second-order valence-corrected chi connectivity index (χ2v) is 6.15. The maximum Gasteiger partial charge on any atom is 0.524 e. The molecule has 7 heteroatoms. The third-order valence-electron chi connectivity index (χ3n) is 3.02. The highest BCUT2D eigenvalue weighted by Gasteiger charge is 2.19. The molecule has 0 aliphatic rings. The first-order chi connectivity index (χ1) is 9.37. The maximum atomic E-state index is 11.0. The number of aryl methyl sites for hydroxylation is 1. The lowest BCUT2D eigenvalue weighted by atomic mass is 10.1. The van der Waals surface area contributed by atoms with Gasteiger partial charge in [0.05, 0.1) is 0 Å². The van der Waals surface area contributed by atoms with Crippen LogP contribution in [0.25, 0.3) is 10.9 Å².